The molecule has 0 amide bonds. The van der Waals surface area contributed by atoms with Gasteiger partial charge in [0.2, 0.25) is 0 Å². The highest BCUT2D eigenvalue weighted by Crippen LogP contribution is 2.24. The highest BCUT2D eigenvalue weighted by Gasteiger charge is 2.38. The van der Waals surface area contributed by atoms with E-state index in [1.165, 1.54) is 4.90 Å². The zero-order valence-corrected chi connectivity index (χ0v) is 10.3. The first-order valence-electron chi connectivity index (χ1n) is 5.90. The average Bonchev–Trinajstić information content (AvgIpc) is 2.46. The van der Waals surface area contributed by atoms with Crippen molar-refractivity contribution < 1.29 is 15.0 Å². The second-order valence-electron chi connectivity index (χ2n) is 4.19. The van der Waals surface area contributed by atoms with E-state index >= 15 is 0 Å². The molecule has 1 aliphatic rings. The SMILES string of the molecule is O=C(O)C1(C=Cc2ccccc2)C=CC=CN1CO. The summed E-state index contributed by atoms with van der Waals surface area (Å²) >= 11 is 0. The normalized spacial score (nSPS) is 22.1. The van der Waals surface area contributed by atoms with Gasteiger partial charge < -0.3 is 15.1 Å². The number of benzene rings is 1. The Balaban J connectivity index is 2.36. The molecule has 1 atom stereocenters. The van der Waals surface area contributed by atoms with E-state index < -0.39 is 11.5 Å². The maximum Gasteiger partial charge on any atom is 0.337 e. The third-order valence-corrected chi connectivity index (χ3v) is 3.03. The molecule has 1 aromatic carbocycles. The van der Waals surface area contributed by atoms with Crippen LogP contribution in [0.1, 0.15) is 5.56 Å². The zero-order valence-electron chi connectivity index (χ0n) is 10.3. The van der Waals surface area contributed by atoms with Gasteiger partial charge in [0.05, 0.1) is 0 Å². The smallest absolute Gasteiger partial charge is 0.337 e. The van der Waals surface area contributed by atoms with Crippen LogP contribution in [-0.4, -0.2) is 33.4 Å². The van der Waals surface area contributed by atoms with Crippen molar-refractivity contribution in [3.8, 4) is 0 Å². The topological polar surface area (TPSA) is 60.8 Å². The molecular formula is C15H15NO3. The van der Waals surface area contributed by atoms with Crippen LogP contribution in [0.3, 0.4) is 0 Å². The van der Waals surface area contributed by atoms with E-state index in [1.54, 1.807) is 36.6 Å². The molecule has 1 heterocycles. The highest BCUT2D eigenvalue weighted by atomic mass is 16.4. The Morgan fingerprint density at radius 2 is 2.00 bits per heavy atom. The number of hydrogen-bond donors (Lipinski definition) is 2. The standard InChI is InChI=1S/C15H15NO3/c17-12-16-11-5-4-9-15(16,14(18)19)10-8-13-6-2-1-3-7-13/h1-11,17H,12H2,(H,18,19). The molecule has 0 aromatic heterocycles. The Morgan fingerprint density at radius 3 is 2.63 bits per heavy atom. The summed E-state index contributed by atoms with van der Waals surface area (Å²) < 4.78 is 0. The minimum Gasteiger partial charge on any atom is -0.479 e. The Morgan fingerprint density at radius 1 is 1.26 bits per heavy atom. The molecular weight excluding hydrogens is 242 g/mol. The molecule has 0 saturated heterocycles. The molecule has 4 nitrogen and oxygen atoms in total. The summed E-state index contributed by atoms with van der Waals surface area (Å²) in [7, 11) is 0. The fourth-order valence-electron chi connectivity index (χ4n) is 1.94. The van der Waals surface area contributed by atoms with Crippen LogP contribution in [0.5, 0.6) is 0 Å². The Kier molecular flexibility index (Phi) is 3.82. The van der Waals surface area contributed by atoms with Gasteiger partial charge in [-0.1, -0.05) is 42.5 Å². The van der Waals surface area contributed by atoms with E-state index in [0.717, 1.165) is 5.56 Å². The number of carboxylic acids is 1. The van der Waals surface area contributed by atoms with E-state index in [4.69, 9.17) is 0 Å². The Hall–Kier alpha value is -2.33. The number of aliphatic hydroxyl groups excluding tert-OH is 1. The zero-order chi connectivity index (χ0) is 13.7. The lowest BCUT2D eigenvalue weighted by atomic mass is 9.93. The summed E-state index contributed by atoms with van der Waals surface area (Å²) in [6.45, 7) is -0.369. The second-order valence-corrected chi connectivity index (χ2v) is 4.19. The van der Waals surface area contributed by atoms with Gasteiger partial charge in [-0.3, -0.25) is 0 Å². The first-order valence-corrected chi connectivity index (χ1v) is 5.90. The van der Waals surface area contributed by atoms with Crippen LogP contribution in [-0.2, 0) is 4.79 Å². The summed E-state index contributed by atoms with van der Waals surface area (Å²) in [4.78, 5) is 12.9. The molecule has 1 aromatic rings. The maximum atomic E-state index is 11.6. The molecule has 0 radical (unpaired) electrons. The third kappa shape index (κ3) is 2.58. The molecule has 0 saturated carbocycles. The summed E-state index contributed by atoms with van der Waals surface area (Å²) in [5, 5.41) is 18.8. The van der Waals surface area contributed by atoms with Crippen molar-refractivity contribution in [3.63, 3.8) is 0 Å². The molecule has 0 bridgehead atoms. The van der Waals surface area contributed by atoms with Gasteiger partial charge in [0.1, 0.15) is 6.73 Å². The van der Waals surface area contributed by atoms with Gasteiger partial charge in [0, 0.05) is 6.20 Å². The number of aliphatic hydroxyl groups is 1. The van der Waals surface area contributed by atoms with Crippen molar-refractivity contribution in [3.05, 3.63) is 66.4 Å². The molecule has 0 spiro atoms. The number of nitrogens with zero attached hydrogens (tertiary/aromatic N) is 1. The van der Waals surface area contributed by atoms with E-state index in [1.807, 2.05) is 30.3 Å². The first-order chi connectivity index (χ1) is 9.19. The van der Waals surface area contributed by atoms with E-state index in [0.29, 0.717) is 0 Å². The van der Waals surface area contributed by atoms with Crippen LogP contribution in [0, 0.1) is 0 Å². The van der Waals surface area contributed by atoms with Crippen LogP contribution >= 0.6 is 0 Å². The number of aliphatic carboxylic acids is 1. The predicted octanol–water partition coefficient (Wildman–Crippen LogP) is 1.86. The lowest BCUT2D eigenvalue weighted by molar-refractivity contribution is -0.145. The van der Waals surface area contributed by atoms with Gasteiger partial charge in [0.25, 0.3) is 0 Å². The van der Waals surface area contributed by atoms with Gasteiger partial charge in [-0.15, -0.1) is 0 Å². The monoisotopic (exact) mass is 257 g/mol. The van der Waals surface area contributed by atoms with Crippen molar-refractivity contribution in [2.75, 3.05) is 6.73 Å². The fraction of sp³-hybridized carbons (Fsp3) is 0.133. The fourth-order valence-corrected chi connectivity index (χ4v) is 1.94. The minimum absolute atomic E-state index is 0.369. The van der Waals surface area contributed by atoms with Crippen LogP contribution in [0.15, 0.2) is 60.8 Å². The van der Waals surface area contributed by atoms with Gasteiger partial charge >= 0.3 is 5.97 Å². The molecule has 1 aliphatic heterocycles. The quantitative estimate of drug-likeness (QED) is 0.864. The Labute approximate surface area is 111 Å². The summed E-state index contributed by atoms with van der Waals surface area (Å²) in [6, 6.07) is 9.43. The summed E-state index contributed by atoms with van der Waals surface area (Å²) in [5.74, 6) is -1.03. The maximum absolute atomic E-state index is 11.6. The number of carboxylic acid groups (broad SMARTS) is 1. The van der Waals surface area contributed by atoms with Gasteiger partial charge in [0.15, 0.2) is 5.54 Å². The number of allylic oxidation sites excluding steroid dienone is 2. The van der Waals surface area contributed by atoms with Crippen molar-refractivity contribution in [2.24, 2.45) is 0 Å². The van der Waals surface area contributed by atoms with E-state index in [-0.39, 0.29) is 6.73 Å². The van der Waals surface area contributed by atoms with E-state index in [9.17, 15) is 15.0 Å². The predicted molar refractivity (Wildman–Crippen MR) is 73.0 cm³/mol. The number of carbonyl (C=O) groups is 1. The summed E-state index contributed by atoms with van der Waals surface area (Å²) in [6.07, 6.45) is 9.76. The average molecular weight is 257 g/mol. The lowest BCUT2D eigenvalue weighted by Crippen LogP contribution is -2.50. The molecule has 19 heavy (non-hydrogen) atoms. The van der Waals surface area contributed by atoms with Gasteiger partial charge in [-0.2, -0.15) is 0 Å². The largest absolute Gasteiger partial charge is 0.479 e. The van der Waals surface area contributed by atoms with Crippen molar-refractivity contribution >= 4 is 12.0 Å². The third-order valence-electron chi connectivity index (χ3n) is 3.03. The molecule has 2 rings (SSSR count). The van der Waals surface area contributed by atoms with Crippen molar-refractivity contribution in [1.29, 1.82) is 0 Å². The lowest BCUT2D eigenvalue weighted by Gasteiger charge is -2.35. The number of hydrogen-bond acceptors (Lipinski definition) is 3. The van der Waals surface area contributed by atoms with Crippen molar-refractivity contribution in [2.45, 2.75) is 5.54 Å². The number of rotatable bonds is 4. The molecule has 0 fully saturated rings. The minimum atomic E-state index is -1.35. The molecule has 98 valence electrons. The van der Waals surface area contributed by atoms with Crippen LogP contribution < -0.4 is 0 Å². The first kappa shape index (κ1) is 13.1. The highest BCUT2D eigenvalue weighted by molar-refractivity contribution is 5.86. The Bertz CT molecular complexity index is 534. The molecule has 0 aliphatic carbocycles. The van der Waals surface area contributed by atoms with E-state index in [2.05, 4.69) is 0 Å². The molecule has 1 unspecified atom stereocenters. The van der Waals surface area contributed by atoms with Crippen LogP contribution in [0.4, 0.5) is 0 Å². The molecule has 2 N–H and O–H groups in total. The summed E-state index contributed by atoms with van der Waals surface area (Å²) in [5.41, 5.74) is -0.441. The van der Waals surface area contributed by atoms with Crippen LogP contribution in [0.2, 0.25) is 0 Å². The van der Waals surface area contributed by atoms with Crippen molar-refractivity contribution in [1.82, 2.24) is 4.90 Å². The second kappa shape index (κ2) is 5.54. The molecule has 4 heteroatoms. The van der Waals surface area contributed by atoms with Crippen LogP contribution in [0.25, 0.3) is 6.08 Å². The van der Waals surface area contributed by atoms with Gasteiger partial charge in [-0.05, 0) is 23.8 Å². The van der Waals surface area contributed by atoms with Gasteiger partial charge in [-0.25, -0.2) is 4.79 Å².